The van der Waals surface area contributed by atoms with Gasteiger partial charge in [-0.15, -0.1) is 5.10 Å². The minimum atomic E-state index is -0.111. The van der Waals surface area contributed by atoms with Gasteiger partial charge < -0.3 is 0 Å². The molecule has 0 atom stereocenters. The molecule has 0 aliphatic heterocycles. The number of aromatic amines is 1. The van der Waals surface area contributed by atoms with E-state index in [-0.39, 0.29) is 11.8 Å². The van der Waals surface area contributed by atoms with Gasteiger partial charge in [-0.3, -0.25) is 25.5 Å². The van der Waals surface area contributed by atoms with Gasteiger partial charge in [-0.1, -0.05) is 30.9 Å². The third-order valence-corrected chi connectivity index (χ3v) is 2.71. The summed E-state index contributed by atoms with van der Waals surface area (Å²) in [6.07, 6.45) is 10.2. The second-order valence-electron chi connectivity index (χ2n) is 4.42. The maximum atomic E-state index is 10.8. The first-order valence-corrected chi connectivity index (χ1v) is 7.00. The number of unbranched alkanes of at least 4 members (excludes halogenated alkanes) is 5. The fourth-order valence-corrected chi connectivity index (χ4v) is 1.59. The Morgan fingerprint density at radius 2 is 1.38 bits per heavy atom. The first kappa shape index (κ1) is 19.0. The van der Waals surface area contributed by atoms with Crippen LogP contribution in [0.3, 0.4) is 0 Å². The van der Waals surface area contributed by atoms with Gasteiger partial charge in [0.25, 0.3) is 0 Å². The molecule has 0 aromatic carbocycles. The van der Waals surface area contributed by atoms with Crippen LogP contribution in [0.15, 0.2) is 12.4 Å². The average molecular weight is 299 g/mol. The van der Waals surface area contributed by atoms with Gasteiger partial charge >= 0.3 is 0 Å². The number of aromatic nitrogens is 3. The van der Waals surface area contributed by atoms with E-state index in [1.165, 1.54) is 0 Å². The van der Waals surface area contributed by atoms with Crippen LogP contribution in [0, 0.1) is 0 Å². The van der Waals surface area contributed by atoms with Gasteiger partial charge in [-0.2, -0.15) is 0 Å². The molecule has 0 radical (unpaired) electrons. The van der Waals surface area contributed by atoms with Crippen LogP contribution in [0.1, 0.15) is 51.4 Å². The molecule has 0 fully saturated rings. The molecule has 2 amide bonds. The Balaban J connectivity index is 0.000000662. The van der Waals surface area contributed by atoms with Crippen LogP contribution < -0.4 is 22.5 Å². The van der Waals surface area contributed by atoms with Crippen molar-refractivity contribution in [3.8, 4) is 0 Å². The Morgan fingerprint density at radius 1 is 0.905 bits per heavy atom. The molecule has 0 aliphatic rings. The third kappa shape index (κ3) is 14.2. The minimum absolute atomic E-state index is 0.111. The largest absolute Gasteiger partial charge is 0.294 e. The van der Waals surface area contributed by atoms with Crippen LogP contribution in [-0.2, 0) is 9.59 Å². The summed E-state index contributed by atoms with van der Waals surface area (Å²) in [5, 5.41) is 9.26. The molecule has 9 heteroatoms. The standard InChI is InChI=1S/C10H22N4O2.C2H3N3/c11-13-9(15)7-5-3-1-2-4-6-8-10(16)14-12;1-2-4-5-3-1/h1-8,11-12H2,(H,13,15)(H,14,16);1-2H,(H,3,4,5). The monoisotopic (exact) mass is 299 g/mol. The van der Waals surface area contributed by atoms with Gasteiger partial charge in [0.05, 0.1) is 6.20 Å². The summed E-state index contributed by atoms with van der Waals surface area (Å²) >= 11 is 0. The van der Waals surface area contributed by atoms with E-state index in [9.17, 15) is 9.59 Å². The lowest BCUT2D eigenvalue weighted by Crippen LogP contribution is -2.29. The van der Waals surface area contributed by atoms with Gasteiger partial charge in [0.1, 0.15) is 0 Å². The zero-order chi connectivity index (χ0) is 15.8. The van der Waals surface area contributed by atoms with E-state index in [0.29, 0.717) is 12.8 Å². The highest BCUT2D eigenvalue weighted by Gasteiger charge is 1.99. The van der Waals surface area contributed by atoms with E-state index in [1.54, 1.807) is 12.4 Å². The molecule has 1 rings (SSSR count). The summed E-state index contributed by atoms with van der Waals surface area (Å²) in [6.45, 7) is 0. The number of hydrogen-bond acceptors (Lipinski definition) is 6. The number of hydrogen-bond donors (Lipinski definition) is 5. The molecule has 0 saturated heterocycles. The highest BCUT2D eigenvalue weighted by Crippen LogP contribution is 2.08. The molecule has 1 aromatic heterocycles. The number of carbonyl (C=O) groups excluding carboxylic acids is 2. The molecule has 120 valence electrons. The Hall–Kier alpha value is -2.00. The van der Waals surface area contributed by atoms with Crippen molar-refractivity contribution in [3.63, 3.8) is 0 Å². The zero-order valence-electron chi connectivity index (χ0n) is 12.2. The van der Waals surface area contributed by atoms with E-state index < -0.39 is 0 Å². The summed E-state index contributed by atoms with van der Waals surface area (Å²) in [4.78, 5) is 21.5. The number of rotatable bonds is 9. The number of amides is 2. The van der Waals surface area contributed by atoms with Crippen molar-refractivity contribution in [2.45, 2.75) is 51.4 Å². The maximum Gasteiger partial charge on any atom is 0.233 e. The molecule has 9 nitrogen and oxygen atoms in total. The van der Waals surface area contributed by atoms with Crippen LogP contribution >= 0.6 is 0 Å². The second kappa shape index (κ2) is 14.4. The van der Waals surface area contributed by atoms with Crippen LogP contribution in [0.25, 0.3) is 0 Å². The molecule has 0 aliphatic carbocycles. The number of carbonyl (C=O) groups is 2. The lowest BCUT2D eigenvalue weighted by Gasteiger charge is -2.01. The number of nitrogens with two attached hydrogens (primary N) is 2. The fraction of sp³-hybridized carbons (Fsp3) is 0.667. The molecule has 0 unspecified atom stereocenters. The average Bonchev–Trinajstić information content (AvgIpc) is 3.08. The summed E-state index contributed by atoms with van der Waals surface area (Å²) in [7, 11) is 0. The predicted octanol–water partition coefficient (Wildman–Crippen LogP) is -0.108. The first-order chi connectivity index (χ1) is 10.2. The Kier molecular flexibility index (Phi) is 13.0. The van der Waals surface area contributed by atoms with Crippen molar-refractivity contribution in [2.24, 2.45) is 11.7 Å². The van der Waals surface area contributed by atoms with Gasteiger partial charge in [-0.05, 0) is 12.8 Å². The summed E-state index contributed by atoms with van der Waals surface area (Å²) < 4.78 is 0. The number of hydrazine groups is 2. The molecule has 0 saturated carbocycles. The Labute approximate surface area is 124 Å². The third-order valence-electron chi connectivity index (χ3n) is 2.71. The van der Waals surface area contributed by atoms with Crippen LogP contribution in [0.4, 0.5) is 0 Å². The zero-order valence-corrected chi connectivity index (χ0v) is 12.2. The van der Waals surface area contributed by atoms with Crippen molar-refractivity contribution in [1.29, 1.82) is 0 Å². The molecule has 1 heterocycles. The van der Waals surface area contributed by atoms with Gasteiger partial charge in [0.2, 0.25) is 11.8 Å². The molecule has 0 spiro atoms. The fourth-order valence-electron chi connectivity index (χ4n) is 1.59. The highest BCUT2D eigenvalue weighted by molar-refractivity contribution is 5.75. The molecular weight excluding hydrogens is 274 g/mol. The van der Waals surface area contributed by atoms with Gasteiger partial charge in [0, 0.05) is 19.0 Å². The lowest BCUT2D eigenvalue weighted by molar-refractivity contribution is -0.122. The van der Waals surface area contributed by atoms with Crippen molar-refractivity contribution in [3.05, 3.63) is 12.4 Å². The summed E-state index contributed by atoms with van der Waals surface area (Å²) in [5.74, 6) is 9.67. The van der Waals surface area contributed by atoms with Crippen molar-refractivity contribution in [2.75, 3.05) is 0 Å². The topological polar surface area (TPSA) is 152 Å². The highest BCUT2D eigenvalue weighted by atomic mass is 16.2. The Morgan fingerprint density at radius 3 is 1.67 bits per heavy atom. The normalized spacial score (nSPS) is 9.43. The molecule has 7 N–H and O–H groups in total. The van der Waals surface area contributed by atoms with E-state index in [2.05, 4.69) is 26.3 Å². The van der Waals surface area contributed by atoms with Crippen LogP contribution in [0.2, 0.25) is 0 Å². The summed E-state index contributed by atoms with van der Waals surface area (Å²) in [6, 6.07) is 0. The second-order valence-corrected chi connectivity index (χ2v) is 4.42. The SMILES string of the molecule is NNC(=O)CCCCCCCCC(=O)NN.c1c[nH]nn1. The first-order valence-electron chi connectivity index (χ1n) is 7.00. The number of nitrogens with zero attached hydrogens (tertiary/aromatic N) is 2. The summed E-state index contributed by atoms with van der Waals surface area (Å²) in [5.41, 5.74) is 4.20. The van der Waals surface area contributed by atoms with E-state index in [1.807, 2.05) is 0 Å². The van der Waals surface area contributed by atoms with Crippen molar-refractivity contribution >= 4 is 11.8 Å². The molecule has 1 aromatic rings. The van der Waals surface area contributed by atoms with E-state index >= 15 is 0 Å². The molecular formula is C12H25N7O2. The maximum absolute atomic E-state index is 10.8. The van der Waals surface area contributed by atoms with Crippen LogP contribution in [-0.4, -0.2) is 27.2 Å². The lowest BCUT2D eigenvalue weighted by atomic mass is 10.1. The smallest absolute Gasteiger partial charge is 0.233 e. The minimum Gasteiger partial charge on any atom is -0.294 e. The molecule has 0 bridgehead atoms. The van der Waals surface area contributed by atoms with Gasteiger partial charge in [-0.25, -0.2) is 11.7 Å². The van der Waals surface area contributed by atoms with E-state index in [4.69, 9.17) is 11.7 Å². The Bertz CT molecular complexity index is 317. The quantitative estimate of drug-likeness (QED) is 0.186. The van der Waals surface area contributed by atoms with Crippen molar-refractivity contribution in [1.82, 2.24) is 26.3 Å². The molecule has 21 heavy (non-hydrogen) atoms. The predicted molar refractivity (Wildman–Crippen MR) is 78.0 cm³/mol. The number of nitrogens with one attached hydrogen (secondary N) is 3. The van der Waals surface area contributed by atoms with E-state index in [0.717, 1.165) is 38.5 Å². The van der Waals surface area contributed by atoms with Crippen molar-refractivity contribution < 1.29 is 9.59 Å². The number of H-pyrrole nitrogens is 1. The van der Waals surface area contributed by atoms with Gasteiger partial charge in [0.15, 0.2) is 0 Å². The van der Waals surface area contributed by atoms with Crippen LogP contribution in [0.5, 0.6) is 0 Å².